The van der Waals surface area contributed by atoms with Gasteiger partial charge in [0.1, 0.15) is 17.9 Å². The molecule has 106 valence electrons. The summed E-state index contributed by atoms with van der Waals surface area (Å²) in [6.45, 7) is 0. The molecule has 6 nitrogen and oxygen atoms in total. The fourth-order valence-corrected chi connectivity index (χ4v) is 3.01. The molecule has 1 heterocycles. The van der Waals surface area contributed by atoms with Gasteiger partial charge in [0, 0.05) is 10.5 Å². The highest BCUT2D eigenvalue weighted by atomic mass is 79.9. The van der Waals surface area contributed by atoms with Crippen LogP contribution in [0.2, 0.25) is 0 Å². The summed E-state index contributed by atoms with van der Waals surface area (Å²) < 4.78 is 13.0. The molecule has 0 unspecified atom stereocenters. The monoisotopic (exact) mass is 403 g/mol. The number of carbonyl (C=O) groups excluding carboxylic acids is 1. The number of hydrogen-bond donors (Lipinski definition) is 1. The number of benzene rings is 1. The Morgan fingerprint density at radius 1 is 1.30 bits per heavy atom. The van der Waals surface area contributed by atoms with Crippen LogP contribution in [-0.4, -0.2) is 29.7 Å². The van der Waals surface area contributed by atoms with E-state index in [0.717, 1.165) is 8.95 Å². The van der Waals surface area contributed by atoms with E-state index in [-0.39, 0.29) is 11.5 Å². The smallest absolute Gasteiger partial charge is 0.360 e. The van der Waals surface area contributed by atoms with Crippen molar-refractivity contribution in [2.45, 2.75) is 0 Å². The van der Waals surface area contributed by atoms with Gasteiger partial charge in [-0.3, -0.25) is 4.57 Å². The quantitative estimate of drug-likeness (QED) is 0.795. The first-order chi connectivity index (χ1) is 9.49. The second kappa shape index (κ2) is 5.84. The number of rotatable bonds is 3. The number of hydrogen-bond acceptors (Lipinski definition) is 5. The lowest BCUT2D eigenvalue weighted by Gasteiger charge is -2.11. The molecule has 0 radical (unpaired) electrons. The molecular weight excluding hydrogens is 394 g/mol. The molecule has 0 saturated heterocycles. The fourth-order valence-electron chi connectivity index (χ4n) is 1.66. The zero-order chi connectivity index (χ0) is 14.9. The minimum atomic E-state index is -0.582. The number of carbonyl (C=O) groups is 1. The molecule has 0 atom stereocenters. The van der Waals surface area contributed by atoms with Gasteiger partial charge < -0.3 is 15.2 Å². The van der Waals surface area contributed by atoms with Crippen molar-refractivity contribution in [2.75, 3.05) is 20.0 Å². The van der Waals surface area contributed by atoms with E-state index in [4.69, 9.17) is 10.5 Å². The van der Waals surface area contributed by atoms with E-state index in [0.29, 0.717) is 11.4 Å². The molecule has 0 aliphatic carbocycles. The van der Waals surface area contributed by atoms with Crippen LogP contribution in [0.5, 0.6) is 5.75 Å². The van der Waals surface area contributed by atoms with Crippen LogP contribution in [0.1, 0.15) is 10.5 Å². The van der Waals surface area contributed by atoms with Gasteiger partial charge in [-0.2, -0.15) is 0 Å². The van der Waals surface area contributed by atoms with Gasteiger partial charge in [-0.15, -0.1) is 0 Å². The van der Waals surface area contributed by atoms with E-state index in [2.05, 4.69) is 41.6 Å². The number of imidazole rings is 1. The molecule has 20 heavy (non-hydrogen) atoms. The minimum absolute atomic E-state index is 0.0706. The van der Waals surface area contributed by atoms with Gasteiger partial charge in [0.25, 0.3) is 0 Å². The van der Waals surface area contributed by atoms with Gasteiger partial charge in [-0.25, -0.2) is 9.78 Å². The number of aromatic nitrogens is 2. The van der Waals surface area contributed by atoms with Crippen LogP contribution in [0, 0.1) is 0 Å². The van der Waals surface area contributed by atoms with Crippen molar-refractivity contribution in [2.24, 2.45) is 0 Å². The fraction of sp³-hybridized carbons (Fsp3) is 0.167. The second-order valence-corrected chi connectivity index (χ2v) is 5.49. The molecule has 1 aromatic heterocycles. The summed E-state index contributed by atoms with van der Waals surface area (Å²) in [5, 5.41) is 0. The molecular formula is C12H11Br2N3O3. The molecule has 1 aromatic carbocycles. The molecule has 0 amide bonds. The van der Waals surface area contributed by atoms with Gasteiger partial charge in [-0.05, 0) is 37.9 Å². The van der Waals surface area contributed by atoms with Crippen molar-refractivity contribution in [3.05, 3.63) is 33.1 Å². The number of halogens is 2. The molecule has 2 N–H and O–H groups in total. The predicted octanol–water partition coefficient (Wildman–Crippen LogP) is 2.77. The summed E-state index contributed by atoms with van der Waals surface area (Å²) in [7, 11) is 2.84. The van der Waals surface area contributed by atoms with E-state index in [1.807, 2.05) is 6.07 Å². The van der Waals surface area contributed by atoms with Crippen LogP contribution in [0.15, 0.2) is 27.4 Å². The molecule has 2 rings (SSSR count). The average molecular weight is 405 g/mol. The van der Waals surface area contributed by atoms with Crippen molar-refractivity contribution in [3.8, 4) is 11.4 Å². The summed E-state index contributed by atoms with van der Waals surface area (Å²) >= 11 is 6.83. The number of nitrogens with two attached hydrogens (primary N) is 1. The number of ether oxygens (including phenoxy) is 2. The second-order valence-electron chi connectivity index (χ2n) is 3.78. The minimum Gasteiger partial charge on any atom is -0.495 e. The highest BCUT2D eigenvalue weighted by Gasteiger charge is 2.19. The van der Waals surface area contributed by atoms with Crippen LogP contribution in [-0.2, 0) is 4.74 Å². The third-order valence-corrected chi connectivity index (χ3v) is 3.92. The molecule has 0 aliphatic rings. The van der Waals surface area contributed by atoms with Crippen LogP contribution < -0.4 is 10.5 Å². The number of anilines is 1. The van der Waals surface area contributed by atoms with E-state index < -0.39 is 5.97 Å². The molecule has 0 saturated carbocycles. The standard InChI is InChI=1S/C12H11Br2N3O3/c1-19-9-4-8(6(13)3-7(9)14)17-5-16-10(11(17)15)12(18)20-2/h3-5H,15H2,1-2H3. The van der Waals surface area contributed by atoms with Crippen molar-refractivity contribution in [3.63, 3.8) is 0 Å². The number of esters is 1. The number of nitrogen functional groups attached to an aromatic ring is 1. The van der Waals surface area contributed by atoms with Gasteiger partial charge in [0.05, 0.1) is 24.4 Å². The van der Waals surface area contributed by atoms with Gasteiger partial charge in [0.15, 0.2) is 5.69 Å². The molecule has 0 fully saturated rings. The Morgan fingerprint density at radius 2 is 2.00 bits per heavy atom. The Bertz CT molecular complexity index is 670. The largest absolute Gasteiger partial charge is 0.495 e. The zero-order valence-corrected chi connectivity index (χ0v) is 13.9. The third-order valence-electron chi connectivity index (χ3n) is 2.66. The SMILES string of the molecule is COC(=O)c1ncn(-c2cc(OC)c(Br)cc2Br)c1N. The van der Waals surface area contributed by atoms with Crippen molar-refractivity contribution >= 4 is 43.6 Å². The van der Waals surface area contributed by atoms with Crippen LogP contribution in [0.3, 0.4) is 0 Å². The lowest BCUT2D eigenvalue weighted by atomic mass is 10.3. The van der Waals surface area contributed by atoms with E-state index >= 15 is 0 Å². The first kappa shape index (κ1) is 14.9. The van der Waals surface area contributed by atoms with Crippen LogP contribution in [0.25, 0.3) is 5.69 Å². The first-order valence-electron chi connectivity index (χ1n) is 5.44. The maximum atomic E-state index is 11.5. The van der Waals surface area contributed by atoms with E-state index in [1.165, 1.54) is 13.4 Å². The Hall–Kier alpha value is -1.54. The lowest BCUT2D eigenvalue weighted by Crippen LogP contribution is -2.08. The van der Waals surface area contributed by atoms with Crippen molar-refractivity contribution in [1.29, 1.82) is 0 Å². The number of methoxy groups -OCH3 is 2. The molecule has 0 spiro atoms. The van der Waals surface area contributed by atoms with Gasteiger partial charge in [-0.1, -0.05) is 0 Å². The highest BCUT2D eigenvalue weighted by molar-refractivity contribution is 9.11. The molecule has 0 bridgehead atoms. The molecule has 2 aromatic rings. The van der Waals surface area contributed by atoms with Crippen molar-refractivity contribution in [1.82, 2.24) is 9.55 Å². The zero-order valence-electron chi connectivity index (χ0n) is 10.7. The summed E-state index contributed by atoms with van der Waals surface area (Å²) in [4.78, 5) is 15.5. The predicted molar refractivity (Wildman–Crippen MR) is 81.3 cm³/mol. The van der Waals surface area contributed by atoms with Crippen LogP contribution >= 0.6 is 31.9 Å². The summed E-state index contributed by atoms with van der Waals surface area (Å²) in [6, 6.07) is 3.60. The maximum absolute atomic E-state index is 11.5. The average Bonchev–Trinajstić information content (AvgIpc) is 2.80. The molecule has 8 heteroatoms. The Balaban J connectivity index is 2.57. The van der Waals surface area contributed by atoms with E-state index in [1.54, 1.807) is 17.7 Å². The maximum Gasteiger partial charge on any atom is 0.360 e. The van der Waals surface area contributed by atoms with Crippen molar-refractivity contribution < 1.29 is 14.3 Å². The number of nitrogens with zero attached hydrogens (tertiary/aromatic N) is 2. The summed E-state index contributed by atoms with van der Waals surface area (Å²) in [5.41, 5.74) is 6.71. The van der Waals surface area contributed by atoms with Gasteiger partial charge >= 0.3 is 5.97 Å². The topological polar surface area (TPSA) is 79.4 Å². The van der Waals surface area contributed by atoms with Crippen LogP contribution in [0.4, 0.5) is 5.82 Å². The lowest BCUT2D eigenvalue weighted by molar-refractivity contribution is 0.0596. The Kier molecular flexibility index (Phi) is 4.34. The third kappa shape index (κ3) is 2.53. The summed E-state index contributed by atoms with van der Waals surface area (Å²) in [5.74, 6) is 0.249. The Morgan fingerprint density at radius 3 is 2.60 bits per heavy atom. The van der Waals surface area contributed by atoms with E-state index in [9.17, 15) is 4.79 Å². The first-order valence-corrected chi connectivity index (χ1v) is 7.02. The molecule has 0 aliphatic heterocycles. The normalized spacial score (nSPS) is 10.4. The Labute approximate surface area is 132 Å². The highest BCUT2D eigenvalue weighted by Crippen LogP contribution is 2.34. The van der Waals surface area contributed by atoms with Gasteiger partial charge in [0.2, 0.25) is 0 Å². The summed E-state index contributed by atoms with van der Waals surface area (Å²) in [6.07, 6.45) is 1.45.